The Morgan fingerprint density at radius 3 is 2.32 bits per heavy atom. The Hall–Kier alpha value is -3.77. The van der Waals surface area contributed by atoms with E-state index >= 15 is 0 Å². The number of hydrogen-bond donors (Lipinski definition) is 1. The Balaban J connectivity index is 1.36. The molecule has 0 unspecified atom stereocenters. The Kier molecular flexibility index (Phi) is 7.50. The minimum absolute atomic E-state index is 0.0788. The summed E-state index contributed by atoms with van der Waals surface area (Å²) in [4.78, 5) is 12.8. The summed E-state index contributed by atoms with van der Waals surface area (Å²) in [5.74, 6) is -0.375. The van der Waals surface area contributed by atoms with Gasteiger partial charge in [-0.2, -0.15) is 5.10 Å². The van der Waals surface area contributed by atoms with Crippen LogP contribution in [0.25, 0.3) is 5.69 Å². The lowest BCUT2D eigenvalue weighted by Gasteiger charge is -2.12. The fourth-order valence-electron chi connectivity index (χ4n) is 3.91. The van der Waals surface area contributed by atoms with Crippen molar-refractivity contribution < 1.29 is 13.9 Å². The van der Waals surface area contributed by atoms with Crippen molar-refractivity contribution in [1.29, 1.82) is 0 Å². The minimum atomic E-state index is -0.296. The summed E-state index contributed by atoms with van der Waals surface area (Å²) in [6.45, 7) is 5.25. The molecule has 0 aliphatic carbocycles. The van der Waals surface area contributed by atoms with E-state index < -0.39 is 0 Å². The SMILES string of the molecule is Cc1nn(-c2ccc(F)cc2)c(C)c1CC(=O)NCc1ccccc1COCc1ccccc1. The lowest BCUT2D eigenvalue weighted by molar-refractivity contribution is -0.120. The van der Waals surface area contributed by atoms with Gasteiger partial charge in [0.25, 0.3) is 0 Å². The maximum atomic E-state index is 13.3. The number of hydrogen-bond acceptors (Lipinski definition) is 3. The lowest BCUT2D eigenvalue weighted by Crippen LogP contribution is -2.25. The van der Waals surface area contributed by atoms with Crippen molar-refractivity contribution in [2.45, 2.75) is 40.0 Å². The highest BCUT2D eigenvalue weighted by Gasteiger charge is 2.16. The maximum absolute atomic E-state index is 13.3. The number of halogens is 1. The van der Waals surface area contributed by atoms with E-state index in [2.05, 4.69) is 10.4 Å². The molecule has 0 fully saturated rings. The second kappa shape index (κ2) is 10.9. The number of aromatic nitrogens is 2. The third-order valence-corrected chi connectivity index (χ3v) is 5.81. The zero-order valence-electron chi connectivity index (χ0n) is 19.4. The molecule has 3 aromatic carbocycles. The van der Waals surface area contributed by atoms with Gasteiger partial charge in [-0.1, -0.05) is 54.6 Å². The highest BCUT2D eigenvalue weighted by molar-refractivity contribution is 5.79. The molecule has 0 aliphatic heterocycles. The topological polar surface area (TPSA) is 56.2 Å². The molecule has 0 aliphatic rings. The van der Waals surface area contributed by atoms with E-state index in [0.717, 1.165) is 39.3 Å². The number of carbonyl (C=O) groups is 1. The number of aryl methyl sites for hydroxylation is 1. The average molecular weight is 458 g/mol. The summed E-state index contributed by atoms with van der Waals surface area (Å²) in [6, 6.07) is 24.2. The summed E-state index contributed by atoms with van der Waals surface area (Å²) in [7, 11) is 0. The van der Waals surface area contributed by atoms with Crippen LogP contribution in [0.3, 0.4) is 0 Å². The zero-order valence-corrected chi connectivity index (χ0v) is 19.4. The van der Waals surface area contributed by atoms with Crippen LogP contribution in [0.4, 0.5) is 4.39 Å². The van der Waals surface area contributed by atoms with Crippen molar-refractivity contribution in [1.82, 2.24) is 15.1 Å². The monoisotopic (exact) mass is 457 g/mol. The van der Waals surface area contributed by atoms with Crippen LogP contribution in [0.2, 0.25) is 0 Å². The molecule has 0 spiro atoms. The third-order valence-electron chi connectivity index (χ3n) is 5.81. The maximum Gasteiger partial charge on any atom is 0.224 e. The summed E-state index contributed by atoms with van der Waals surface area (Å²) in [5, 5.41) is 7.58. The normalized spacial score (nSPS) is 10.9. The summed E-state index contributed by atoms with van der Waals surface area (Å²) >= 11 is 0. The molecule has 0 atom stereocenters. The molecule has 0 radical (unpaired) electrons. The van der Waals surface area contributed by atoms with Crippen molar-refractivity contribution in [2.75, 3.05) is 0 Å². The fourth-order valence-corrected chi connectivity index (χ4v) is 3.91. The van der Waals surface area contributed by atoms with Crippen molar-refractivity contribution in [3.8, 4) is 5.69 Å². The van der Waals surface area contributed by atoms with E-state index in [1.807, 2.05) is 68.4 Å². The largest absolute Gasteiger partial charge is 0.372 e. The van der Waals surface area contributed by atoms with Crippen LogP contribution < -0.4 is 5.32 Å². The molecule has 1 aromatic heterocycles. The molecule has 4 aromatic rings. The van der Waals surface area contributed by atoms with E-state index in [9.17, 15) is 9.18 Å². The first-order valence-electron chi connectivity index (χ1n) is 11.3. The molecule has 0 saturated heterocycles. The van der Waals surface area contributed by atoms with Gasteiger partial charge in [-0.05, 0) is 54.8 Å². The fraction of sp³-hybridized carbons (Fsp3) is 0.214. The van der Waals surface area contributed by atoms with Gasteiger partial charge in [-0.3, -0.25) is 4.79 Å². The lowest BCUT2D eigenvalue weighted by atomic mass is 10.1. The number of rotatable bonds is 9. The van der Waals surface area contributed by atoms with Crippen LogP contribution in [-0.4, -0.2) is 15.7 Å². The Labute approximate surface area is 199 Å². The van der Waals surface area contributed by atoms with E-state index in [1.165, 1.54) is 12.1 Å². The summed E-state index contributed by atoms with van der Waals surface area (Å²) in [6.07, 6.45) is 0.228. The van der Waals surface area contributed by atoms with Gasteiger partial charge in [0.2, 0.25) is 5.91 Å². The number of nitrogens with one attached hydrogen (secondary N) is 1. The molecule has 34 heavy (non-hydrogen) atoms. The quantitative estimate of drug-likeness (QED) is 0.376. The zero-order chi connectivity index (χ0) is 23.9. The molecule has 6 heteroatoms. The molecule has 174 valence electrons. The molecule has 1 heterocycles. The molecule has 0 bridgehead atoms. The van der Waals surface area contributed by atoms with Crippen LogP contribution in [0, 0.1) is 19.7 Å². The van der Waals surface area contributed by atoms with Crippen LogP contribution in [0.5, 0.6) is 0 Å². The minimum Gasteiger partial charge on any atom is -0.372 e. The van der Waals surface area contributed by atoms with Crippen molar-refractivity contribution in [2.24, 2.45) is 0 Å². The van der Waals surface area contributed by atoms with Gasteiger partial charge >= 0.3 is 0 Å². The molecular weight excluding hydrogens is 429 g/mol. The number of carbonyl (C=O) groups excluding carboxylic acids is 1. The smallest absolute Gasteiger partial charge is 0.224 e. The molecule has 1 N–H and O–H groups in total. The van der Waals surface area contributed by atoms with E-state index in [0.29, 0.717) is 19.8 Å². The van der Waals surface area contributed by atoms with Gasteiger partial charge in [0, 0.05) is 17.8 Å². The second-order valence-corrected chi connectivity index (χ2v) is 8.24. The highest BCUT2D eigenvalue weighted by Crippen LogP contribution is 2.19. The van der Waals surface area contributed by atoms with Gasteiger partial charge in [-0.25, -0.2) is 9.07 Å². The van der Waals surface area contributed by atoms with Crippen molar-refractivity contribution in [3.05, 3.63) is 118 Å². The van der Waals surface area contributed by atoms with Crippen LogP contribution in [0.1, 0.15) is 33.6 Å². The first-order chi connectivity index (χ1) is 16.5. The number of ether oxygens (including phenoxy) is 1. The number of benzene rings is 3. The van der Waals surface area contributed by atoms with E-state index in [4.69, 9.17) is 4.74 Å². The first-order valence-corrected chi connectivity index (χ1v) is 11.3. The van der Waals surface area contributed by atoms with Crippen LogP contribution in [0.15, 0.2) is 78.9 Å². The summed E-state index contributed by atoms with van der Waals surface area (Å²) < 4.78 is 20.9. The Bertz CT molecular complexity index is 1250. The van der Waals surface area contributed by atoms with Gasteiger partial charge in [-0.15, -0.1) is 0 Å². The molecule has 5 nitrogen and oxygen atoms in total. The average Bonchev–Trinajstić information content (AvgIpc) is 3.13. The van der Waals surface area contributed by atoms with Gasteiger partial charge in [0.15, 0.2) is 0 Å². The van der Waals surface area contributed by atoms with E-state index in [1.54, 1.807) is 16.8 Å². The highest BCUT2D eigenvalue weighted by atomic mass is 19.1. The molecule has 0 saturated carbocycles. The number of amides is 1. The van der Waals surface area contributed by atoms with Crippen molar-refractivity contribution >= 4 is 5.91 Å². The molecular formula is C28H28FN3O2. The third kappa shape index (κ3) is 5.77. The Morgan fingerprint density at radius 2 is 1.59 bits per heavy atom. The molecule has 1 amide bonds. The van der Waals surface area contributed by atoms with Gasteiger partial charge < -0.3 is 10.1 Å². The van der Waals surface area contributed by atoms with E-state index in [-0.39, 0.29) is 18.1 Å². The Morgan fingerprint density at radius 1 is 0.912 bits per heavy atom. The first kappa shape index (κ1) is 23.4. The summed E-state index contributed by atoms with van der Waals surface area (Å²) in [5.41, 5.74) is 6.50. The predicted octanol–water partition coefficient (Wildman–Crippen LogP) is 5.20. The second-order valence-electron chi connectivity index (χ2n) is 8.24. The standard InChI is InChI=1S/C28H28FN3O2/c1-20-27(21(2)32(31-20)26-14-12-25(29)13-15-26)16-28(33)30-17-23-10-6-7-11-24(23)19-34-18-22-8-4-3-5-9-22/h3-15H,16-19H2,1-2H3,(H,30,33). The van der Waals surface area contributed by atoms with Gasteiger partial charge in [0.1, 0.15) is 5.82 Å². The van der Waals surface area contributed by atoms with Gasteiger partial charge in [0.05, 0.1) is 31.0 Å². The van der Waals surface area contributed by atoms with Crippen molar-refractivity contribution in [3.63, 3.8) is 0 Å². The predicted molar refractivity (Wildman–Crippen MR) is 130 cm³/mol. The van der Waals surface area contributed by atoms with Crippen LogP contribution >= 0.6 is 0 Å². The molecule has 4 rings (SSSR count). The number of nitrogens with zero attached hydrogens (tertiary/aromatic N) is 2. The van der Waals surface area contributed by atoms with Crippen LogP contribution in [-0.2, 0) is 35.7 Å².